The Morgan fingerprint density at radius 2 is 2.04 bits per heavy atom. The molecule has 1 aromatic carbocycles. The van der Waals surface area contributed by atoms with E-state index in [9.17, 15) is 17.6 Å². The fourth-order valence-corrected chi connectivity index (χ4v) is 2.47. The molecule has 4 nitrogen and oxygen atoms in total. The zero-order valence-electron chi connectivity index (χ0n) is 14.4. The molecule has 146 valence electrons. The molecule has 0 spiro atoms. The summed E-state index contributed by atoms with van der Waals surface area (Å²) in [6.07, 6.45) is -3.93. The monoisotopic (exact) mass is 401 g/mol. The van der Waals surface area contributed by atoms with Crippen molar-refractivity contribution >= 4 is 23.1 Å². The fourth-order valence-electron chi connectivity index (χ4n) is 2.23. The number of allylic oxidation sites excluding steroid dienone is 2. The van der Waals surface area contributed by atoms with Crippen LogP contribution in [0.1, 0.15) is 30.4 Å². The van der Waals surface area contributed by atoms with Crippen molar-refractivity contribution in [3.63, 3.8) is 0 Å². The first kappa shape index (κ1) is 22.4. The van der Waals surface area contributed by atoms with Crippen LogP contribution < -0.4 is 11.5 Å². The van der Waals surface area contributed by atoms with Crippen LogP contribution in [0.25, 0.3) is 0 Å². The predicted octanol–water partition coefficient (Wildman–Crippen LogP) is 3.40. The highest BCUT2D eigenvalue weighted by Gasteiger charge is 2.29. The minimum Gasteiger partial charge on any atom is -0.456 e. The lowest BCUT2D eigenvalue weighted by atomic mass is 9.92. The molecule has 0 radical (unpaired) electrons. The van der Waals surface area contributed by atoms with E-state index in [-0.39, 0.29) is 10.4 Å². The first-order chi connectivity index (χ1) is 12.6. The normalized spacial score (nSPS) is 13.5. The summed E-state index contributed by atoms with van der Waals surface area (Å²) in [5.74, 6) is 3.35. The molecule has 0 aliphatic carbocycles. The van der Waals surface area contributed by atoms with Crippen molar-refractivity contribution in [1.82, 2.24) is 0 Å². The molecule has 0 bridgehead atoms. The van der Waals surface area contributed by atoms with Crippen LogP contribution in [0, 0.1) is 23.1 Å². The second kappa shape index (κ2) is 10.5. The van der Waals surface area contributed by atoms with Crippen LogP contribution in [0.5, 0.6) is 0 Å². The van der Waals surface area contributed by atoms with Crippen LogP contribution in [0.3, 0.4) is 0 Å². The topological polar surface area (TPSA) is 85.1 Å². The summed E-state index contributed by atoms with van der Waals surface area (Å²) in [6, 6.07) is 2.78. The zero-order chi connectivity index (χ0) is 20.6. The number of halogens is 4. The Morgan fingerprint density at radius 3 is 2.56 bits per heavy atom. The van der Waals surface area contributed by atoms with Crippen molar-refractivity contribution < 1.29 is 22.3 Å². The standard InChI is InChI=1S/C18H19F4N3OS/c1-10(23)6-13(27)4-2-11-3-5-15(20)14(7-11)12(9-19)8-16(17(21)22)26-18(24)25/h3,5-7,12,16-17H,8-9,23H2,1H3,(H3,24,25)/t12-,16-/m0/s1. The molecule has 0 unspecified atom stereocenters. The SMILES string of the molecule is CC(N)=CC(=S)C#Cc1ccc(F)c([C@H](CF)C[C@H](OC(=N)N)C(F)F)c1. The number of nitrogens with two attached hydrogens (primary N) is 2. The van der Waals surface area contributed by atoms with Gasteiger partial charge in [0.1, 0.15) is 5.82 Å². The van der Waals surface area contributed by atoms with Gasteiger partial charge in [-0.1, -0.05) is 18.1 Å². The third-order valence-electron chi connectivity index (χ3n) is 3.39. The Bertz CT molecular complexity index is 783. The quantitative estimate of drug-likeness (QED) is 0.163. The molecule has 2 atom stereocenters. The van der Waals surface area contributed by atoms with Gasteiger partial charge in [-0.2, -0.15) is 0 Å². The van der Waals surface area contributed by atoms with Gasteiger partial charge in [0.05, 0.1) is 11.5 Å². The highest BCUT2D eigenvalue weighted by molar-refractivity contribution is 7.81. The van der Waals surface area contributed by atoms with Crippen LogP contribution in [-0.2, 0) is 4.74 Å². The van der Waals surface area contributed by atoms with Crippen LogP contribution in [0.2, 0.25) is 0 Å². The van der Waals surface area contributed by atoms with E-state index >= 15 is 0 Å². The Labute approximate surface area is 160 Å². The van der Waals surface area contributed by atoms with E-state index in [1.807, 2.05) is 0 Å². The largest absolute Gasteiger partial charge is 0.456 e. The molecule has 1 aromatic rings. The highest BCUT2D eigenvalue weighted by atomic mass is 32.1. The van der Waals surface area contributed by atoms with Gasteiger partial charge in [-0.15, -0.1) is 0 Å². The molecule has 0 fully saturated rings. The van der Waals surface area contributed by atoms with Gasteiger partial charge in [-0.25, -0.2) is 13.2 Å². The fraction of sp³-hybridized carbons (Fsp3) is 0.333. The summed E-state index contributed by atoms with van der Waals surface area (Å²) in [5.41, 5.74) is 11.1. The molecule has 0 aromatic heterocycles. The zero-order valence-corrected chi connectivity index (χ0v) is 15.3. The lowest BCUT2D eigenvalue weighted by Crippen LogP contribution is -2.31. The molecule has 0 aliphatic heterocycles. The Hall–Kier alpha value is -2.60. The summed E-state index contributed by atoms with van der Waals surface area (Å²) in [4.78, 5) is 0.260. The van der Waals surface area contributed by atoms with Crippen molar-refractivity contribution in [3.05, 3.63) is 46.9 Å². The number of hydrogen-bond acceptors (Lipinski definition) is 4. The Morgan fingerprint density at radius 1 is 1.37 bits per heavy atom. The third kappa shape index (κ3) is 7.66. The van der Waals surface area contributed by atoms with Gasteiger partial charge in [0, 0.05) is 17.2 Å². The van der Waals surface area contributed by atoms with E-state index in [0.29, 0.717) is 11.3 Å². The summed E-state index contributed by atoms with van der Waals surface area (Å²) in [5, 5.41) is 6.95. The number of nitrogens with one attached hydrogen (secondary N) is 1. The van der Waals surface area contributed by atoms with Gasteiger partial charge in [0.25, 0.3) is 12.4 Å². The van der Waals surface area contributed by atoms with Crippen molar-refractivity contribution in [2.45, 2.75) is 31.8 Å². The molecule has 9 heteroatoms. The van der Waals surface area contributed by atoms with Crippen molar-refractivity contribution in [2.24, 2.45) is 11.5 Å². The van der Waals surface area contributed by atoms with Gasteiger partial charge in [0.2, 0.25) is 0 Å². The van der Waals surface area contributed by atoms with Crippen molar-refractivity contribution in [3.8, 4) is 11.8 Å². The number of hydrogen-bond donors (Lipinski definition) is 3. The average molecular weight is 401 g/mol. The number of rotatable bonds is 7. The summed E-state index contributed by atoms with van der Waals surface area (Å²) in [7, 11) is 0. The number of ether oxygens (including phenoxy) is 1. The second-order valence-corrected chi connectivity index (χ2v) is 6.12. The van der Waals surface area contributed by atoms with E-state index in [1.54, 1.807) is 6.92 Å². The molecule has 1 rings (SSSR count). The maximum atomic E-state index is 14.1. The minimum atomic E-state index is -3.02. The van der Waals surface area contributed by atoms with Crippen molar-refractivity contribution in [2.75, 3.05) is 6.67 Å². The smallest absolute Gasteiger partial charge is 0.279 e. The molecule has 0 heterocycles. The first-order valence-corrected chi connectivity index (χ1v) is 8.18. The molecule has 0 saturated carbocycles. The van der Waals surface area contributed by atoms with Crippen LogP contribution in [0.15, 0.2) is 30.0 Å². The van der Waals surface area contributed by atoms with Crippen LogP contribution in [0.4, 0.5) is 17.6 Å². The third-order valence-corrected chi connectivity index (χ3v) is 3.61. The number of benzene rings is 1. The maximum absolute atomic E-state index is 14.1. The minimum absolute atomic E-state index is 0.126. The lowest BCUT2D eigenvalue weighted by Gasteiger charge is -2.22. The summed E-state index contributed by atoms with van der Waals surface area (Å²) < 4.78 is 58.1. The van der Waals surface area contributed by atoms with E-state index in [4.69, 9.17) is 29.1 Å². The Kier molecular flexibility index (Phi) is 8.75. The number of alkyl halides is 3. The average Bonchev–Trinajstić information content (AvgIpc) is 2.57. The van der Waals surface area contributed by atoms with Gasteiger partial charge in [-0.3, -0.25) is 9.80 Å². The lowest BCUT2D eigenvalue weighted by molar-refractivity contribution is -0.00680. The Balaban J connectivity index is 3.12. The second-order valence-electron chi connectivity index (χ2n) is 5.68. The van der Waals surface area contributed by atoms with Gasteiger partial charge < -0.3 is 16.2 Å². The van der Waals surface area contributed by atoms with E-state index < -0.39 is 43.4 Å². The molecule has 27 heavy (non-hydrogen) atoms. The summed E-state index contributed by atoms with van der Waals surface area (Å²) >= 11 is 4.99. The highest BCUT2D eigenvalue weighted by Crippen LogP contribution is 2.28. The number of amidine groups is 1. The van der Waals surface area contributed by atoms with Gasteiger partial charge >= 0.3 is 0 Å². The van der Waals surface area contributed by atoms with E-state index in [0.717, 1.165) is 6.07 Å². The molecule has 0 amide bonds. The molecule has 0 aliphatic rings. The molecular weight excluding hydrogens is 382 g/mol. The predicted molar refractivity (Wildman–Crippen MR) is 99.9 cm³/mol. The maximum Gasteiger partial charge on any atom is 0.279 e. The van der Waals surface area contributed by atoms with E-state index in [1.165, 1.54) is 18.2 Å². The molecule has 5 N–H and O–H groups in total. The molecule has 0 saturated heterocycles. The summed E-state index contributed by atoms with van der Waals surface area (Å²) in [6.45, 7) is 0.532. The van der Waals surface area contributed by atoms with Gasteiger partial charge in [-0.05, 0) is 49.1 Å². The first-order valence-electron chi connectivity index (χ1n) is 7.78. The van der Waals surface area contributed by atoms with Crippen LogP contribution in [-0.4, -0.2) is 30.1 Å². The number of thiocarbonyl (C=S) groups is 1. The molecular formula is C18H19F4N3OS. The van der Waals surface area contributed by atoms with E-state index in [2.05, 4.69) is 16.6 Å². The van der Waals surface area contributed by atoms with Gasteiger partial charge in [0.15, 0.2) is 6.10 Å². The van der Waals surface area contributed by atoms with Crippen molar-refractivity contribution in [1.29, 1.82) is 5.41 Å². The van der Waals surface area contributed by atoms with Crippen LogP contribution >= 0.6 is 12.2 Å².